The maximum atomic E-state index is 13.0. The van der Waals surface area contributed by atoms with E-state index >= 15 is 0 Å². The first-order chi connectivity index (χ1) is 10.9. The van der Waals surface area contributed by atoms with Crippen LogP contribution in [-0.4, -0.2) is 31.6 Å². The van der Waals surface area contributed by atoms with E-state index in [0.717, 1.165) is 5.56 Å². The van der Waals surface area contributed by atoms with E-state index in [1.807, 2.05) is 30.3 Å². The van der Waals surface area contributed by atoms with Crippen LogP contribution in [0.5, 0.6) is 0 Å². The number of nitrogens with zero attached hydrogens (tertiary/aromatic N) is 2. The lowest BCUT2D eigenvalue weighted by Gasteiger charge is -2.21. The Bertz CT molecular complexity index is 883. The zero-order valence-electron chi connectivity index (χ0n) is 11.7. The number of rotatable bonds is 3. The maximum Gasteiger partial charge on any atom is 0.267 e. The van der Waals surface area contributed by atoms with Crippen molar-refractivity contribution in [2.45, 2.75) is 4.90 Å². The lowest BCUT2D eigenvalue weighted by atomic mass is 10.2. The molecule has 0 N–H and O–H groups in total. The maximum absolute atomic E-state index is 13.0. The molecular weight excluding hydrogens is 379 g/mol. The largest absolute Gasteiger partial charge is 0.267 e. The van der Waals surface area contributed by atoms with Gasteiger partial charge in [-0.25, -0.2) is 12.7 Å². The summed E-state index contributed by atoms with van der Waals surface area (Å²) in [6.45, 7) is 0.644. The molecule has 4 nitrogen and oxygen atoms in total. The average molecular weight is 390 g/mol. The van der Waals surface area contributed by atoms with Gasteiger partial charge in [0.05, 0.1) is 28.2 Å². The van der Waals surface area contributed by atoms with Gasteiger partial charge in [0.2, 0.25) is 0 Å². The van der Waals surface area contributed by atoms with Gasteiger partial charge in [-0.15, -0.1) is 0 Å². The summed E-state index contributed by atoms with van der Waals surface area (Å²) < 4.78 is 27.2. The first-order valence-electron chi connectivity index (χ1n) is 6.68. The standard InChI is InChI=1S/C15H11Cl3N2O2S/c16-11-8-13(18)14(9-12(11)17)23(21,22)20-7-6-19-15(20)10-4-2-1-3-5-10/h1-5,8-9H,6-7H2. The Kier molecular flexibility index (Phi) is 4.56. The summed E-state index contributed by atoms with van der Waals surface area (Å²) in [5, 5.41) is 0.361. The molecule has 0 bridgehead atoms. The van der Waals surface area contributed by atoms with Crippen molar-refractivity contribution in [2.75, 3.05) is 13.1 Å². The van der Waals surface area contributed by atoms with Crippen molar-refractivity contribution in [1.82, 2.24) is 4.31 Å². The number of hydrogen-bond acceptors (Lipinski definition) is 3. The highest BCUT2D eigenvalue weighted by Gasteiger charge is 2.33. The third-order valence-corrected chi connectivity index (χ3v) is 6.35. The van der Waals surface area contributed by atoms with Gasteiger partial charge >= 0.3 is 0 Å². The highest BCUT2D eigenvalue weighted by molar-refractivity contribution is 7.89. The summed E-state index contributed by atoms with van der Waals surface area (Å²) in [5.74, 6) is 0.396. The second-order valence-corrected chi connectivity index (χ2v) is 7.90. The van der Waals surface area contributed by atoms with Gasteiger partial charge in [-0.2, -0.15) is 0 Å². The highest BCUT2D eigenvalue weighted by Crippen LogP contribution is 2.34. The van der Waals surface area contributed by atoms with Gasteiger partial charge in [0.15, 0.2) is 0 Å². The van der Waals surface area contributed by atoms with E-state index in [-0.39, 0.29) is 26.5 Å². The molecule has 0 amide bonds. The fraction of sp³-hybridized carbons (Fsp3) is 0.133. The second kappa shape index (κ2) is 6.32. The van der Waals surface area contributed by atoms with Crippen molar-refractivity contribution in [3.8, 4) is 0 Å². The van der Waals surface area contributed by atoms with E-state index in [9.17, 15) is 8.42 Å². The fourth-order valence-corrected chi connectivity index (χ4v) is 4.74. The summed E-state index contributed by atoms with van der Waals surface area (Å²) in [6, 6.07) is 11.7. The van der Waals surface area contributed by atoms with E-state index in [4.69, 9.17) is 34.8 Å². The van der Waals surface area contributed by atoms with Crippen molar-refractivity contribution < 1.29 is 8.42 Å². The lowest BCUT2D eigenvalue weighted by Crippen LogP contribution is -2.35. The molecule has 0 saturated carbocycles. The van der Waals surface area contributed by atoms with Crippen LogP contribution in [0.3, 0.4) is 0 Å². The Labute approximate surface area is 149 Å². The topological polar surface area (TPSA) is 49.7 Å². The van der Waals surface area contributed by atoms with Crippen LogP contribution in [0.25, 0.3) is 0 Å². The van der Waals surface area contributed by atoms with Gasteiger partial charge in [0, 0.05) is 5.56 Å². The van der Waals surface area contributed by atoms with E-state index in [2.05, 4.69) is 4.99 Å². The zero-order valence-corrected chi connectivity index (χ0v) is 14.8. The number of amidine groups is 1. The number of sulfonamides is 1. The molecule has 0 aliphatic carbocycles. The average Bonchev–Trinajstić information content (AvgIpc) is 3.02. The van der Waals surface area contributed by atoms with Crippen LogP contribution in [-0.2, 0) is 10.0 Å². The Morgan fingerprint density at radius 2 is 1.61 bits per heavy atom. The summed E-state index contributed by atoms with van der Waals surface area (Å²) in [7, 11) is -3.88. The third-order valence-electron chi connectivity index (χ3n) is 3.38. The third kappa shape index (κ3) is 3.06. The molecule has 0 radical (unpaired) electrons. The molecule has 8 heteroatoms. The minimum Gasteiger partial charge on any atom is -0.265 e. The number of benzene rings is 2. The Balaban J connectivity index is 2.07. The fourth-order valence-electron chi connectivity index (χ4n) is 2.31. The van der Waals surface area contributed by atoms with E-state index in [1.165, 1.54) is 16.4 Å². The van der Waals surface area contributed by atoms with Crippen LogP contribution in [0.2, 0.25) is 15.1 Å². The van der Waals surface area contributed by atoms with Crippen molar-refractivity contribution in [1.29, 1.82) is 0 Å². The summed E-state index contributed by atoms with van der Waals surface area (Å²) in [6.07, 6.45) is 0. The smallest absolute Gasteiger partial charge is 0.265 e. The molecule has 1 heterocycles. The SMILES string of the molecule is O=S(=O)(c1cc(Cl)c(Cl)cc1Cl)N1CCN=C1c1ccccc1. The van der Waals surface area contributed by atoms with Crippen LogP contribution in [0.15, 0.2) is 52.4 Å². The molecule has 2 aromatic rings. The van der Waals surface area contributed by atoms with Crippen molar-refractivity contribution in [2.24, 2.45) is 4.99 Å². The van der Waals surface area contributed by atoms with Gasteiger partial charge in [-0.1, -0.05) is 65.1 Å². The van der Waals surface area contributed by atoms with Gasteiger partial charge < -0.3 is 0 Å². The molecule has 1 aliphatic heterocycles. The first kappa shape index (κ1) is 16.6. The lowest BCUT2D eigenvalue weighted by molar-refractivity contribution is 0.538. The minimum atomic E-state index is -3.88. The predicted molar refractivity (Wildman–Crippen MR) is 93.2 cm³/mol. The minimum absolute atomic E-state index is 0.0266. The van der Waals surface area contributed by atoms with Gasteiger partial charge in [-0.05, 0) is 12.1 Å². The van der Waals surface area contributed by atoms with Crippen LogP contribution in [0, 0.1) is 0 Å². The van der Waals surface area contributed by atoms with Crippen LogP contribution < -0.4 is 0 Å². The Hall–Kier alpha value is -1.27. The molecule has 120 valence electrons. The van der Waals surface area contributed by atoms with Gasteiger partial charge in [0.1, 0.15) is 10.7 Å². The number of aliphatic imine (C=N–C) groups is 1. The Morgan fingerprint density at radius 1 is 0.957 bits per heavy atom. The quantitative estimate of drug-likeness (QED) is 0.742. The molecule has 1 aliphatic rings. The Morgan fingerprint density at radius 3 is 2.30 bits per heavy atom. The molecule has 3 rings (SSSR count). The van der Waals surface area contributed by atoms with Crippen molar-refractivity contribution in [3.05, 3.63) is 63.1 Å². The molecule has 0 fully saturated rings. The summed E-state index contributed by atoms with van der Waals surface area (Å²) >= 11 is 17.9. The molecule has 0 spiro atoms. The van der Waals surface area contributed by atoms with Crippen LogP contribution in [0.4, 0.5) is 0 Å². The molecule has 0 atom stereocenters. The molecule has 0 saturated heterocycles. The van der Waals surface area contributed by atoms with Crippen LogP contribution >= 0.6 is 34.8 Å². The summed E-state index contributed by atoms with van der Waals surface area (Å²) in [4.78, 5) is 4.23. The van der Waals surface area contributed by atoms with Gasteiger partial charge in [0.25, 0.3) is 10.0 Å². The van der Waals surface area contributed by atoms with E-state index in [0.29, 0.717) is 12.4 Å². The zero-order chi connectivity index (χ0) is 16.6. The second-order valence-electron chi connectivity index (χ2n) is 4.85. The molecular formula is C15H11Cl3N2O2S. The molecule has 2 aromatic carbocycles. The van der Waals surface area contributed by atoms with E-state index < -0.39 is 10.0 Å². The number of halogens is 3. The molecule has 0 unspecified atom stereocenters. The van der Waals surface area contributed by atoms with E-state index in [1.54, 1.807) is 0 Å². The normalized spacial score (nSPS) is 14.9. The highest BCUT2D eigenvalue weighted by atomic mass is 35.5. The predicted octanol–water partition coefficient (Wildman–Crippen LogP) is 4.10. The molecule has 0 aromatic heterocycles. The van der Waals surface area contributed by atoms with Crippen molar-refractivity contribution >= 4 is 50.7 Å². The first-order valence-corrected chi connectivity index (χ1v) is 9.26. The monoisotopic (exact) mass is 388 g/mol. The van der Waals surface area contributed by atoms with Crippen molar-refractivity contribution in [3.63, 3.8) is 0 Å². The van der Waals surface area contributed by atoms with Crippen LogP contribution in [0.1, 0.15) is 5.56 Å². The molecule has 23 heavy (non-hydrogen) atoms. The van der Waals surface area contributed by atoms with Gasteiger partial charge in [-0.3, -0.25) is 4.99 Å². The summed E-state index contributed by atoms with van der Waals surface area (Å²) in [5.41, 5.74) is 0.727. The number of hydrogen-bond donors (Lipinski definition) is 0.